The fourth-order valence-corrected chi connectivity index (χ4v) is 2.24. The Morgan fingerprint density at radius 2 is 2.25 bits per heavy atom. The Hall–Kier alpha value is -2.41. The number of nitrogens with one attached hydrogen (secondary N) is 1. The molecule has 2 aromatic rings. The van der Waals surface area contributed by atoms with E-state index in [1.807, 2.05) is 35.8 Å². The van der Waals surface area contributed by atoms with Gasteiger partial charge < -0.3 is 19.4 Å². The lowest BCUT2D eigenvalue weighted by Gasteiger charge is -2.14. The van der Waals surface area contributed by atoms with Gasteiger partial charge in [0.05, 0.1) is 13.7 Å². The lowest BCUT2D eigenvalue weighted by atomic mass is 10.2. The van der Waals surface area contributed by atoms with Gasteiger partial charge in [-0.05, 0) is 24.6 Å². The zero-order valence-corrected chi connectivity index (χ0v) is 14.4. The third-order valence-corrected chi connectivity index (χ3v) is 3.67. The van der Waals surface area contributed by atoms with Crippen molar-refractivity contribution in [2.75, 3.05) is 13.7 Å². The average Bonchev–Trinajstić information content (AvgIpc) is 3.07. The van der Waals surface area contributed by atoms with Crippen molar-refractivity contribution < 1.29 is 14.3 Å². The number of aryl methyl sites for hydroxylation is 1. The fraction of sp³-hybridized carbons (Fsp3) is 0.471. The Morgan fingerprint density at radius 3 is 3.00 bits per heavy atom. The maximum atomic E-state index is 12.1. The second-order valence-electron chi connectivity index (χ2n) is 5.39. The van der Waals surface area contributed by atoms with Crippen molar-refractivity contribution in [3.8, 4) is 5.75 Å². The van der Waals surface area contributed by atoms with Gasteiger partial charge in [-0.25, -0.2) is 0 Å². The molecule has 1 heterocycles. The number of ether oxygens (including phenoxy) is 2. The number of amides is 1. The van der Waals surface area contributed by atoms with E-state index in [0.29, 0.717) is 19.7 Å². The molecule has 0 spiro atoms. The zero-order chi connectivity index (χ0) is 17.4. The van der Waals surface area contributed by atoms with E-state index in [9.17, 15) is 4.79 Å². The fourth-order valence-electron chi connectivity index (χ4n) is 2.24. The Morgan fingerprint density at radius 1 is 1.42 bits per heavy atom. The van der Waals surface area contributed by atoms with Crippen molar-refractivity contribution in [3.05, 3.63) is 42.0 Å². The number of nitrogens with zero attached hydrogens (tertiary/aromatic N) is 3. The number of methoxy groups -OCH3 is 1. The molecule has 1 aromatic carbocycles. The molecule has 0 bridgehead atoms. The topological polar surface area (TPSA) is 78.3 Å². The van der Waals surface area contributed by atoms with E-state index in [2.05, 4.69) is 15.5 Å². The SMILES string of the molecule is CCc1nncn1CCNC(=O)[C@H](C)OCc1cccc(OC)c1. The third-order valence-electron chi connectivity index (χ3n) is 3.67. The average molecular weight is 332 g/mol. The minimum absolute atomic E-state index is 0.135. The van der Waals surface area contributed by atoms with Crippen molar-refractivity contribution in [1.82, 2.24) is 20.1 Å². The molecule has 0 aliphatic heterocycles. The summed E-state index contributed by atoms with van der Waals surface area (Å²) in [5, 5.41) is 10.7. The van der Waals surface area contributed by atoms with Crippen LogP contribution in [0.15, 0.2) is 30.6 Å². The van der Waals surface area contributed by atoms with Gasteiger partial charge in [0.15, 0.2) is 0 Å². The Labute approximate surface area is 142 Å². The van der Waals surface area contributed by atoms with Gasteiger partial charge in [0.2, 0.25) is 5.91 Å². The minimum atomic E-state index is -0.525. The van der Waals surface area contributed by atoms with Crippen LogP contribution in [0.1, 0.15) is 25.2 Å². The molecule has 2 rings (SSSR count). The zero-order valence-electron chi connectivity index (χ0n) is 14.4. The van der Waals surface area contributed by atoms with Crippen LogP contribution in [0, 0.1) is 0 Å². The van der Waals surface area contributed by atoms with Gasteiger partial charge in [-0.1, -0.05) is 19.1 Å². The van der Waals surface area contributed by atoms with Crippen LogP contribution in [-0.2, 0) is 29.1 Å². The Bertz CT molecular complexity index is 657. The van der Waals surface area contributed by atoms with Crippen molar-refractivity contribution >= 4 is 5.91 Å². The Kier molecular flexibility index (Phi) is 6.74. The normalized spacial score (nSPS) is 12.0. The van der Waals surface area contributed by atoms with Crippen LogP contribution in [0.25, 0.3) is 0 Å². The molecule has 0 aliphatic carbocycles. The third kappa shape index (κ3) is 5.06. The summed E-state index contributed by atoms with van der Waals surface area (Å²) in [6.45, 7) is 5.28. The molecule has 24 heavy (non-hydrogen) atoms. The standard InChI is InChI=1S/C17H24N4O3/c1-4-16-20-19-12-21(16)9-8-18-17(22)13(2)24-11-14-6-5-7-15(10-14)23-3/h5-7,10,12-13H,4,8-9,11H2,1-3H3,(H,18,22)/t13-/m0/s1. The molecule has 0 unspecified atom stereocenters. The van der Waals surface area contributed by atoms with Crippen LogP contribution in [0.2, 0.25) is 0 Å². The summed E-state index contributed by atoms with van der Waals surface area (Å²) >= 11 is 0. The van der Waals surface area contributed by atoms with Crippen LogP contribution in [0.5, 0.6) is 5.75 Å². The molecule has 1 amide bonds. The number of benzene rings is 1. The van der Waals surface area contributed by atoms with E-state index in [0.717, 1.165) is 23.6 Å². The van der Waals surface area contributed by atoms with Gasteiger partial charge in [-0.15, -0.1) is 10.2 Å². The van der Waals surface area contributed by atoms with E-state index in [1.54, 1.807) is 20.4 Å². The molecule has 7 nitrogen and oxygen atoms in total. The first-order valence-corrected chi connectivity index (χ1v) is 8.03. The monoisotopic (exact) mass is 332 g/mol. The number of hydrogen-bond donors (Lipinski definition) is 1. The molecule has 0 aliphatic rings. The molecular weight excluding hydrogens is 308 g/mol. The summed E-state index contributed by atoms with van der Waals surface area (Å²) in [4.78, 5) is 12.1. The highest BCUT2D eigenvalue weighted by atomic mass is 16.5. The van der Waals surface area contributed by atoms with E-state index in [4.69, 9.17) is 9.47 Å². The van der Waals surface area contributed by atoms with Crippen LogP contribution in [-0.4, -0.2) is 40.4 Å². The number of hydrogen-bond acceptors (Lipinski definition) is 5. The molecule has 0 saturated carbocycles. The largest absolute Gasteiger partial charge is 0.497 e. The summed E-state index contributed by atoms with van der Waals surface area (Å²) in [6, 6.07) is 7.59. The first-order chi connectivity index (χ1) is 11.6. The van der Waals surface area contributed by atoms with Gasteiger partial charge in [0.1, 0.15) is 24.0 Å². The number of carbonyl (C=O) groups excluding carboxylic acids is 1. The first-order valence-electron chi connectivity index (χ1n) is 8.03. The summed E-state index contributed by atoms with van der Waals surface area (Å²) in [6.07, 6.45) is 1.96. The molecule has 130 valence electrons. The molecule has 1 N–H and O–H groups in total. The molecule has 1 aromatic heterocycles. The Balaban J connectivity index is 1.73. The number of rotatable bonds is 9. The van der Waals surface area contributed by atoms with Gasteiger partial charge >= 0.3 is 0 Å². The highest BCUT2D eigenvalue weighted by Gasteiger charge is 2.13. The second kappa shape index (κ2) is 9.02. The van der Waals surface area contributed by atoms with Crippen molar-refractivity contribution in [2.45, 2.75) is 39.5 Å². The van der Waals surface area contributed by atoms with Crippen LogP contribution in [0.4, 0.5) is 0 Å². The second-order valence-corrected chi connectivity index (χ2v) is 5.39. The van der Waals surface area contributed by atoms with Gasteiger partial charge in [0, 0.05) is 19.5 Å². The van der Waals surface area contributed by atoms with Crippen molar-refractivity contribution in [1.29, 1.82) is 0 Å². The molecule has 0 saturated heterocycles. The van der Waals surface area contributed by atoms with Gasteiger partial charge in [0.25, 0.3) is 0 Å². The minimum Gasteiger partial charge on any atom is -0.497 e. The van der Waals surface area contributed by atoms with Crippen molar-refractivity contribution in [3.63, 3.8) is 0 Å². The van der Waals surface area contributed by atoms with E-state index in [-0.39, 0.29) is 5.91 Å². The predicted octanol–water partition coefficient (Wildman–Crippen LogP) is 1.57. The van der Waals surface area contributed by atoms with E-state index in [1.165, 1.54) is 0 Å². The van der Waals surface area contributed by atoms with Crippen molar-refractivity contribution in [2.24, 2.45) is 0 Å². The molecule has 7 heteroatoms. The summed E-state index contributed by atoms with van der Waals surface area (Å²) in [7, 11) is 1.62. The maximum absolute atomic E-state index is 12.1. The molecule has 1 atom stereocenters. The molecule has 0 fully saturated rings. The molecule has 0 radical (unpaired) electrons. The highest BCUT2D eigenvalue weighted by molar-refractivity contribution is 5.80. The summed E-state index contributed by atoms with van der Waals surface area (Å²) < 4.78 is 12.7. The first kappa shape index (κ1) is 17.9. The predicted molar refractivity (Wildman–Crippen MR) is 89.7 cm³/mol. The number of aromatic nitrogens is 3. The lowest BCUT2D eigenvalue weighted by molar-refractivity contribution is -0.132. The summed E-state index contributed by atoms with van der Waals surface area (Å²) in [5.74, 6) is 1.55. The van der Waals surface area contributed by atoms with Gasteiger partial charge in [-0.2, -0.15) is 0 Å². The van der Waals surface area contributed by atoms with Crippen LogP contribution < -0.4 is 10.1 Å². The highest BCUT2D eigenvalue weighted by Crippen LogP contribution is 2.13. The van der Waals surface area contributed by atoms with E-state index < -0.39 is 6.10 Å². The lowest BCUT2D eigenvalue weighted by Crippen LogP contribution is -2.36. The smallest absolute Gasteiger partial charge is 0.248 e. The number of carbonyl (C=O) groups is 1. The van der Waals surface area contributed by atoms with E-state index >= 15 is 0 Å². The quantitative estimate of drug-likeness (QED) is 0.754. The molecular formula is C17H24N4O3. The van der Waals surface area contributed by atoms with Crippen LogP contribution in [0.3, 0.4) is 0 Å². The van der Waals surface area contributed by atoms with Gasteiger partial charge in [-0.3, -0.25) is 4.79 Å². The maximum Gasteiger partial charge on any atom is 0.248 e. The van der Waals surface area contributed by atoms with Crippen LogP contribution >= 0.6 is 0 Å². The summed E-state index contributed by atoms with van der Waals surface area (Å²) in [5.41, 5.74) is 0.964.